The molecule has 9 heteroatoms. The van der Waals surface area contributed by atoms with Crippen LogP contribution in [-0.4, -0.2) is 21.5 Å². The number of carbonyl (C=O) groups excluding carboxylic acids is 1. The average molecular weight is 333 g/mol. The summed E-state index contributed by atoms with van der Waals surface area (Å²) in [7, 11) is 0. The van der Waals surface area contributed by atoms with E-state index in [1.807, 2.05) is 6.07 Å². The Hall–Kier alpha value is -2.94. The molecule has 2 aromatic rings. The van der Waals surface area contributed by atoms with Gasteiger partial charge in [0.15, 0.2) is 0 Å². The predicted octanol–water partition coefficient (Wildman–Crippen LogP) is 3.23. The molecule has 0 saturated carbocycles. The molecule has 1 amide bonds. The quantitative estimate of drug-likeness (QED) is 0.493. The molecule has 0 bridgehead atoms. The molecule has 0 aliphatic carbocycles. The number of amides is 1. The zero-order valence-corrected chi connectivity index (χ0v) is 12.5. The number of hydrogen-bond acceptors (Lipinski definition) is 6. The van der Waals surface area contributed by atoms with Gasteiger partial charge in [0.25, 0.3) is 11.4 Å². The standard InChI is InChI=1S/C14H11N3O5S/c18-14(15-10-4-2-1-3-5-10)9-23-13-7-6-11(16(19)20)8-12(13)17(21)22/h1-8H,9H2,(H,15,18). The Labute approximate surface area is 134 Å². The Kier molecular flexibility index (Phi) is 5.26. The summed E-state index contributed by atoms with van der Waals surface area (Å²) in [6.45, 7) is 0. The maximum absolute atomic E-state index is 11.8. The zero-order chi connectivity index (χ0) is 16.8. The zero-order valence-electron chi connectivity index (χ0n) is 11.7. The first-order chi connectivity index (χ1) is 11.0. The first-order valence-electron chi connectivity index (χ1n) is 6.38. The lowest BCUT2D eigenvalue weighted by Crippen LogP contribution is -2.13. The third-order valence-electron chi connectivity index (χ3n) is 2.77. The van der Waals surface area contributed by atoms with Gasteiger partial charge in [-0.05, 0) is 18.2 Å². The number of nitro benzene ring substituents is 2. The summed E-state index contributed by atoms with van der Waals surface area (Å²) in [6.07, 6.45) is 0. The number of benzene rings is 2. The van der Waals surface area contributed by atoms with Gasteiger partial charge in [0.1, 0.15) is 0 Å². The number of non-ortho nitro benzene ring substituents is 1. The molecule has 2 aromatic carbocycles. The fraction of sp³-hybridized carbons (Fsp3) is 0.0714. The van der Waals surface area contributed by atoms with Crippen molar-refractivity contribution < 1.29 is 14.6 Å². The van der Waals surface area contributed by atoms with Crippen LogP contribution in [0.15, 0.2) is 53.4 Å². The second kappa shape index (κ2) is 7.36. The molecule has 1 N–H and O–H groups in total. The van der Waals surface area contributed by atoms with E-state index < -0.39 is 15.5 Å². The Morgan fingerprint density at radius 1 is 1.04 bits per heavy atom. The van der Waals surface area contributed by atoms with E-state index in [0.717, 1.165) is 17.8 Å². The van der Waals surface area contributed by atoms with Crippen LogP contribution in [0.4, 0.5) is 17.1 Å². The lowest BCUT2D eigenvalue weighted by molar-refractivity contribution is -0.396. The van der Waals surface area contributed by atoms with Crippen LogP contribution in [0, 0.1) is 20.2 Å². The molecule has 0 atom stereocenters. The van der Waals surface area contributed by atoms with Crippen molar-refractivity contribution in [1.82, 2.24) is 0 Å². The van der Waals surface area contributed by atoms with E-state index in [1.165, 1.54) is 12.1 Å². The smallest absolute Gasteiger partial charge is 0.289 e. The number of nitrogens with zero attached hydrogens (tertiary/aromatic N) is 2. The molecule has 0 fully saturated rings. The third-order valence-corrected chi connectivity index (χ3v) is 3.83. The summed E-state index contributed by atoms with van der Waals surface area (Å²) in [4.78, 5) is 32.3. The molecule has 0 saturated heterocycles. The number of thioether (sulfide) groups is 1. The Bertz CT molecular complexity index is 751. The van der Waals surface area contributed by atoms with Crippen molar-refractivity contribution in [3.63, 3.8) is 0 Å². The van der Waals surface area contributed by atoms with E-state index in [0.29, 0.717) is 5.69 Å². The number of anilines is 1. The van der Waals surface area contributed by atoms with E-state index >= 15 is 0 Å². The first-order valence-corrected chi connectivity index (χ1v) is 7.36. The number of hydrogen-bond donors (Lipinski definition) is 1. The molecule has 0 aliphatic rings. The van der Waals surface area contributed by atoms with Crippen LogP contribution >= 0.6 is 11.8 Å². The predicted molar refractivity (Wildman–Crippen MR) is 85.5 cm³/mol. The number of para-hydroxylation sites is 1. The molecule has 0 spiro atoms. The van der Waals surface area contributed by atoms with Crippen molar-refractivity contribution in [2.24, 2.45) is 0 Å². The minimum atomic E-state index is -0.705. The maximum atomic E-state index is 11.8. The van der Waals surface area contributed by atoms with Crippen LogP contribution in [0.5, 0.6) is 0 Å². The Balaban J connectivity index is 2.06. The third kappa shape index (κ3) is 4.51. The van der Waals surface area contributed by atoms with Gasteiger partial charge in [-0.2, -0.15) is 0 Å². The van der Waals surface area contributed by atoms with Crippen LogP contribution in [-0.2, 0) is 4.79 Å². The van der Waals surface area contributed by atoms with Crippen molar-refractivity contribution in [2.75, 3.05) is 11.1 Å². The minimum Gasteiger partial charge on any atom is -0.325 e. The van der Waals surface area contributed by atoms with E-state index in [1.54, 1.807) is 24.3 Å². The second-order valence-electron chi connectivity index (χ2n) is 4.37. The summed E-state index contributed by atoms with van der Waals surface area (Å²) in [5.74, 6) is -0.373. The Morgan fingerprint density at radius 2 is 1.74 bits per heavy atom. The van der Waals surface area contributed by atoms with Gasteiger partial charge < -0.3 is 5.32 Å². The van der Waals surface area contributed by atoms with Crippen LogP contribution < -0.4 is 5.32 Å². The van der Waals surface area contributed by atoms with Crippen LogP contribution in [0.25, 0.3) is 0 Å². The van der Waals surface area contributed by atoms with Crippen LogP contribution in [0.1, 0.15) is 0 Å². The topological polar surface area (TPSA) is 115 Å². The number of rotatable bonds is 6. The lowest BCUT2D eigenvalue weighted by Gasteiger charge is -2.05. The molecule has 0 aliphatic heterocycles. The van der Waals surface area contributed by atoms with Crippen LogP contribution in [0.2, 0.25) is 0 Å². The fourth-order valence-electron chi connectivity index (χ4n) is 1.75. The fourth-order valence-corrected chi connectivity index (χ4v) is 2.55. The first kappa shape index (κ1) is 16.4. The average Bonchev–Trinajstić information content (AvgIpc) is 2.53. The highest BCUT2D eigenvalue weighted by Gasteiger charge is 2.20. The summed E-state index contributed by atoms with van der Waals surface area (Å²) in [5.41, 5.74) is -0.136. The SMILES string of the molecule is O=C(CSc1ccc([N+](=O)[O-])cc1[N+](=O)[O-])Nc1ccccc1. The Morgan fingerprint density at radius 3 is 2.35 bits per heavy atom. The van der Waals surface area contributed by atoms with Gasteiger partial charge in [-0.25, -0.2) is 0 Å². The summed E-state index contributed by atoms with van der Waals surface area (Å²) in [5, 5.41) is 24.3. The van der Waals surface area contributed by atoms with Gasteiger partial charge in [0, 0.05) is 11.8 Å². The second-order valence-corrected chi connectivity index (χ2v) is 5.39. The molecule has 118 valence electrons. The van der Waals surface area contributed by atoms with Gasteiger partial charge in [0.2, 0.25) is 5.91 Å². The highest BCUT2D eigenvalue weighted by molar-refractivity contribution is 8.00. The molecule has 2 rings (SSSR count). The van der Waals surface area contributed by atoms with Crippen molar-refractivity contribution in [3.8, 4) is 0 Å². The van der Waals surface area contributed by atoms with E-state index in [9.17, 15) is 25.0 Å². The number of nitrogens with one attached hydrogen (secondary N) is 1. The van der Waals surface area contributed by atoms with E-state index in [4.69, 9.17) is 0 Å². The van der Waals surface area contributed by atoms with Crippen LogP contribution in [0.3, 0.4) is 0 Å². The monoisotopic (exact) mass is 333 g/mol. The maximum Gasteiger partial charge on any atom is 0.289 e. The molecule has 8 nitrogen and oxygen atoms in total. The summed E-state index contributed by atoms with van der Waals surface area (Å²) < 4.78 is 0. The molecule has 0 radical (unpaired) electrons. The van der Waals surface area contributed by atoms with Gasteiger partial charge >= 0.3 is 0 Å². The van der Waals surface area contributed by atoms with Gasteiger partial charge in [-0.1, -0.05) is 18.2 Å². The number of nitro groups is 2. The highest BCUT2D eigenvalue weighted by Crippen LogP contribution is 2.32. The molecule has 0 aromatic heterocycles. The molecular formula is C14H11N3O5S. The van der Waals surface area contributed by atoms with Crippen molar-refractivity contribution >= 4 is 34.7 Å². The lowest BCUT2D eigenvalue weighted by atomic mass is 10.3. The largest absolute Gasteiger partial charge is 0.325 e. The van der Waals surface area contributed by atoms with E-state index in [2.05, 4.69) is 5.32 Å². The van der Waals surface area contributed by atoms with Crippen molar-refractivity contribution in [3.05, 3.63) is 68.8 Å². The van der Waals surface area contributed by atoms with E-state index in [-0.39, 0.29) is 22.2 Å². The molecule has 0 heterocycles. The van der Waals surface area contributed by atoms with Crippen molar-refractivity contribution in [1.29, 1.82) is 0 Å². The van der Waals surface area contributed by atoms with Gasteiger partial charge in [0.05, 0.1) is 26.6 Å². The molecule has 23 heavy (non-hydrogen) atoms. The molecular weight excluding hydrogens is 322 g/mol. The molecule has 0 unspecified atom stereocenters. The van der Waals surface area contributed by atoms with Gasteiger partial charge in [-0.15, -0.1) is 11.8 Å². The minimum absolute atomic E-state index is 0.0481. The van der Waals surface area contributed by atoms with Gasteiger partial charge in [-0.3, -0.25) is 25.0 Å². The number of carbonyl (C=O) groups is 1. The summed E-state index contributed by atoms with van der Waals surface area (Å²) >= 11 is 0.947. The normalized spacial score (nSPS) is 10.1. The summed E-state index contributed by atoms with van der Waals surface area (Å²) in [6, 6.07) is 12.1. The van der Waals surface area contributed by atoms with Crippen molar-refractivity contribution in [2.45, 2.75) is 4.90 Å². The highest BCUT2D eigenvalue weighted by atomic mass is 32.2.